The van der Waals surface area contributed by atoms with Crippen LogP contribution in [-0.2, 0) is 5.60 Å². The molecule has 0 saturated carbocycles. The van der Waals surface area contributed by atoms with Crippen molar-refractivity contribution in [2.24, 2.45) is 5.73 Å². The fourth-order valence-electron chi connectivity index (χ4n) is 2.45. The third-order valence-corrected chi connectivity index (χ3v) is 3.63. The third kappa shape index (κ3) is 2.07. The van der Waals surface area contributed by atoms with Crippen molar-refractivity contribution in [2.45, 2.75) is 5.60 Å². The van der Waals surface area contributed by atoms with Crippen LogP contribution in [0.3, 0.4) is 0 Å². The second-order valence-electron chi connectivity index (χ2n) is 4.84. The number of rotatable bonds is 3. The Morgan fingerprint density at radius 2 is 1.75 bits per heavy atom. The number of hydrogen-bond acceptors (Lipinski definition) is 3. The van der Waals surface area contributed by atoms with Crippen LogP contribution in [-0.4, -0.2) is 16.6 Å². The predicted octanol–water partition coefficient (Wildman–Crippen LogP) is 2.43. The summed E-state index contributed by atoms with van der Waals surface area (Å²) in [5, 5.41) is 12.0. The fraction of sp³-hybridized carbons (Fsp3) is 0.118. The third-order valence-electron chi connectivity index (χ3n) is 3.63. The molecule has 3 N–H and O–H groups in total. The first-order valence-corrected chi connectivity index (χ1v) is 6.57. The summed E-state index contributed by atoms with van der Waals surface area (Å²) in [4.78, 5) is 4.29. The summed E-state index contributed by atoms with van der Waals surface area (Å²) in [6.45, 7) is 0.128. The van der Waals surface area contributed by atoms with Crippen molar-refractivity contribution < 1.29 is 5.11 Å². The number of nitrogens with two attached hydrogens (primary N) is 1. The minimum atomic E-state index is -1.18. The Kier molecular flexibility index (Phi) is 3.22. The van der Waals surface area contributed by atoms with Gasteiger partial charge in [-0.15, -0.1) is 0 Å². The molecule has 3 nitrogen and oxygen atoms in total. The normalized spacial score (nSPS) is 14.1. The Morgan fingerprint density at radius 1 is 0.950 bits per heavy atom. The highest BCUT2D eigenvalue weighted by Gasteiger charge is 2.29. The number of aromatic nitrogens is 1. The molecule has 0 spiro atoms. The van der Waals surface area contributed by atoms with Crippen LogP contribution < -0.4 is 5.73 Å². The molecule has 0 radical (unpaired) electrons. The molecule has 0 saturated heterocycles. The van der Waals surface area contributed by atoms with E-state index in [0.717, 1.165) is 22.0 Å². The number of hydrogen-bond donors (Lipinski definition) is 2. The lowest BCUT2D eigenvalue weighted by Crippen LogP contribution is -2.36. The lowest BCUT2D eigenvalue weighted by molar-refractivity contribution is 0.0904. The summed E-state index contributed by atoms with van der Waals surface area (Å²) in [5.41, 5.74) is 7.16. The number of benzene rings is 2. The van der Waals surface area contributed by atoms with Crippen molar-refractivity contribution in [1.82, 2.24) is 4.98 Å². The van der Waals surface area contributed by atoms with Gasteiger partial charge in [-0.05, 0) is 29.3 Å². The lowest BCUT2D eigenvalue weighted by atomic mass is 9.86. The Bertz CT molecular complexity index is 727. The summed E-state index contributed by atoms with van der Waals surface area (Å²) in [7, 11) is 0. The van der Waals surface area contributed by atoms with E-state index in [4.69, 9.17) is 5.73 Å². The van der Waals surface area contributed by atoms with Crippen LogP contribution in [0.1, 0.15) is 11.1 Å². The Hall–Kier alpha value is -2.23. The van der Waals surface area contributed by atoms with Crippen molar-refractivity contribution in [2.75, 3.05) is 6.54 Å². The second kappa shape index (κ2) is 5.04. The van der Waals surface area contributed by atoms with E-state index in [2.05, 4.69) is 4.98 Å². The van der Waals surface area contributed by atoms with Crippen LogP contribution >= 0.6 is 0 Å². The molecule has 1 heterocycles. The molecule has 1 unspecified atom stereocenters. The molecule has 1 aromatic heterocycles. The van der Waals surface area contributed by atoms with Gasteiger partial charge in [0, 0.05) is 18.1 Å². The Balaban J connectivity index is 2.16. The zero-order valence-electron chi connectivity index (χ0n) is 11.0. The summed E-state index contributed by atoms with van der Waals surface area (Å²) >= 11 is 0. The van der Waals surface area contributed by atoms with Gasteiger partial charge in [-0.3, -0.25) is 4.98 Å². The minimum Gasteiger partial charge on any atom is -0.379 e. The minimum absolute atomic E-state index is 0.128. The summed E-state index contributed by atoms with van der Waals surface area (Å²) in [6, 6.07) is 19.1. The van der Waals surface area contributed by atoms with E-state index in [0.29, 0.717) is 0 Å². The zero-order chi connectivity index (χ0) is 14.0. The van der Waals surface area contributed by atoms with Gasteiger partial charge in [0.2, 0.25) is 0 Å². The van der Waals surface area contributed by atoms with Crippen molar-refractivity contribution >= 4 is 10.9 Å². The van der Waals surface area contributed by atoms with Gasteiger partial charge in [0.15, 0.2) is 0 Å². The molecule has 3 aromatic rings. The number of nitrogens with zero attached hydrogens (tertiary/aromatic N) is 1. The molecule has 0 bridgehead atoms. The van der Waals surface area contributed by atoms with E-state index in [-0.39, 0.29) is 6.54 Å². The molecule has 20 heavy (non-hydrogen) atoms. The highest BCUT2D eigenvalue weighted by atomic mass is 16.3. The largest absolute Gasteiger partial charge is 0.379 e. The lowest BCUT2D eigenvalue weighted by Gasteiger charge is -2.28. The van der Waals surface area contributed by atoms with Gasteiger partial charge >= 0.3 is 0 Å². The fourth-order valence-corrected chi connectivity index (χ4v) is 2.45. The molecule has 0 aliphatic carbocycles. The average Bonchev–Trinajstić information content (AvgIpc) is 2.54. The highest BCUT2D eigenvalue weighted by molar-refractivity contribution is 5.79. The number of fused-ring (bicyclic) bond motifs is 1. The molecule has 2 aromatic carbocycles. The van der Waals surface area contributed by atoms with E-state index < -0.39 is 5.60 Å². The van der Waals surface area contributed by atoms with Gasteiger partial charge in [-0.25, -0.2) is 0 Å². The van der Waals surface area contributed by atoms with Crippen molar-refractivity contribution in [3.63, 3.8) is 0 Å². The predicted molar refractivity (Wildman–Crippen MR) is 80.2 cm³/mol. The number of pyridine rings is 1. The number of aliphatic hydroxyl groups is 1. The Morgan fingerprint density at radius 3 is 2.50 bits per heavy atom. The average molecular weight is 264 g/mol. The van der Waals surface area contributed by atoms with Crippen molar-refractivity contribution in [1.29, 1.82) is 0 Å². The van der Waals surface area contributed by atoms with Crippen molar-refractivity contribution in [3.05, 3.63) is 78.0 Å². The molecule has 1 atom stereocenters. The smallest absolute Gasteiger partial charge is 0.127 e. The molecule has 3 rings (SSSR count). The quantitative estimate of drug-likeness (QED) is 0.764. The Labute approximate surface area is 117 Å². The van der Waals surface area contributed by atoms with Gasteiger partial charge in [0.05, 0.1) is 5.52 Å². The van der Waals surface area contributed by atoms with E-state index in [1.165, 1.54) is 0 Å². The van der Waals surface area contributed by atoms with Crippen LogP contribution in [0, 0.1) is 0 Å². The highest BCUT2D eigenvalue weighted by Crippen LogP contribution is 2.30. The monoisotopic (exact) mass is 264 g/mol. The van der Waals surface area contributed by atoms with Crippen LogP contribution in [0.25, 0.3) is 10.9 Å². The SMILES string of the molecule is NCC(O)(c1ccccc1)c1ccc2ncccc2c1. The molecule has 0 fully saturated rings. The molecule has 100 valence electrons. The molecule has 0 aliphatic heterocycles. The molecule has 3 heteroatoms. The van der Waals surface area contributed by atoms with E-state index >= 15 is 0 Å². The van der Waals surface area contributed by atoms with Gasteiger partial charge < -0.3 is 10.8 Å². The molecular formula is C17H16N2O. The van der Waals surface area contributed by atoms with E-state index in [9.17, 15) is 5.11 Å². The van der Waals surface area contributed by atoms with Crippen LogP contribution in [0.5, 0.6) is 0 Å². The first-order valence-electron chi connectivity index (χ1n) is 6.57. The maximum Gasteiger partial charge on any atom is 0.127 e. The first kappa shape index (κ1) is 12.8. The van der Waals surface area contributed by atoms with Gasteiger partial charge in [0.25, 0.3) is 0 Å². The van der Waals surface area contributed by atoms with E-state index in [1.807, 2.05) is 60.7 Å². The summed E-state index contributed by atoms with van der Waals surface area (Å²) in [5.74, 6) is 0. The standard InChI is InChI=1S/C17H16N2O/c18-12-17(20,14-6-2-1-3-7-14)15-8-9-16-13(11-15)5-4-10-19-16/h1-11,20H,12,18H2. The zero-order valence-corrected chi connectivity index (χ0v) is 11.0. The van der Waals surface area contributed by atoms with Crippen molar-refractivity contribution in [3.8, 4) is 0 Å². The topological polar surface area (TPSA) is 59.1 Å². The van der Waals surface area contributed by atoms with Gasteiger partial charge in [-0.1, -0.05) is 42.5 Å². The molecule has 0 amide bonds. The maximum atomic E-state index is 11.0. The van der Waals surface area contributed by atoms with Gasteiger partial charge in [0.1, 0.15) is 5.60 Å². The van der Waals surface area contributed by atoms with Crippen LogP contribution in [0.15, 0.2) is 66.9 Å². The van der Waals surface area contributed by atoms with E-state index in [1.54, 1.807) is 6.20 Å². The second-order valence-corrected chi connectivity index (χ2v) is 4.84. The van der Waals surface area contributed by atoms with Gasteiger partial charge in [-0.2, -0.15) is 0 Å². The molecular weight excluding hydrogens is 248 g/mol. The van der Waals surface area contributed by atoms with Crippen LogP contribution in [0.4, 0.5) is 0 Å². The summed E-state index contributed by atoms with van der Waals surface area (Å²) in [6.07, 6.45) is 1.76. The summed E-state index contributed by atoms with van der Waals surface area (Å²) < 4.78 is 0. The molecule has 0 aliphatic rings. The maximum absolute atomic E-state index is 11.0. The van der Waals surface area contributed by atoms with Crippen LogP contribution in [0.2, 0.25) is 0 Å². The first-order chi connectivity index (χ1) is 9.74.